The fourth-order valence-corrected chi connectivity index (χ4v) is 2.30. The molecule has 112 valence electrons. The zero-order valence-corrected chi connectivity index (χ0v) is 12.3. The number of hydrogen-bond donors (Lipinski definition) is 2. The third-order valence-electron chi connectivity index (χ3n) is 2.61. The van der Waals surface area contributed by atoms with Gasteiger partial charge in [0.15, 0.2) is 11.1 Å². The number of fused-ring (bicyclic) bond motifs is 1. The molecule has 9 heteroatoms. The van der Waals surface area contributed by atoms with Gasteiger partial charge in [0.25, 0.3) is 5.91 Å². The van der Waals surface area contributed by atoms with Crippen molar-refractivity contribution >= 4 is 34.2 Å². The molecule has 0 fully saturated rings. The summed E-state index contributed by atoms with van der Waals surface area (Å²) in [7, 11) is 1.38. The van der Waals surface area contributed by atoms with Crippen LogP contribution in [0.1, 0.15) is 12.6 Å². The number of esters is 1. The third-order valence-corrected chi connectivity index (χ3v) is 3.38. The van der Waals surface area contributed by atoms with E-state index >= 15 is 0 Å². The van der Waals surface area contributed by atoms with Crippen LogP contribution in [0.15, 0.2) is 17.8 Å². The van der Waals surface area contributed by atoms with E-state index in [4.69, 9.17) is 4.74 Å². The summed E-state index contributed by atoms with van der Waals surface area (Å²) in [5, 5.41) is 6.15. The van der Waals surface area contributed by atoms with Crippen molar-refractivity contribution in [3.05, 3.63) is 23.5 Å². The number of carbonyl (C=O) groups excluding carboxylic acids is 3. The van der Waals surface area contributed by atoms with Crippen LogP contribution in [0.2, 0.25) is 0 Å². The summed E-state index contributed by atoms with van der Waals surface area (Å²) in [6, 6.07) is -0.655. The highest BCUT2D eigenvalue weighted by molar-refractivity contribution is 7.15. The lowest BCUT2D eigenvalue weighted by Gasteiger charge is -2.12. The summed E-state index contributed by atoms with van der Waals surface area (Å²) in [5.74, 6) is -1.27. The Bertz CT molecular complexity index is 649. The topological polar surface area (TPSA) is 102 Å². The first-order chi connectivity index (χ1) is 9.99. The lowest BCUT2D eigenvalue weighted by atomic mass is 10.3. The Hall–Kier alpha value is -2.42. The summed E-state index contributed by atoms with van der Waals surface area (Å²) in [6.45, 7) is 1.39. The van der Waals surface area contributed by atoms with E-state index < -0.39 is 24.0 Å². The van der Waals surface area contributed by atoms with E-state index in [2.05, 4.69) is 10.3 Å². The van der Waals surface area contributed by atoms with Crippen LogP contribution in [0.3, 0.4) is 0 Å². The van der Waals surface area contributed by atoms with Gasteiger partial charge in [0.1, 0.15) is 0 Å². The van der Waals surface area contributed by atoms with Crippen LogP contribution in [-0.2, 0) is 20.7 Å². The lowest BCUT2D eigenvalue weighted by Crippen LogP contribution is -2.43. The first-order valence-corrected chi connectivity index (χ1v) is 7.00. The fraction of sp³-hybridized carbons (Fsp3) is 0.333. The van der Waals surface area contributed by atoms with Crippen LogP contribution in [0.4, 0.5) is 4.79 Å². The number of nitrogens with zero attached hydrogens (tertiary/aromatic N) is 2. The zero-order valence-electron chi connectivity index (χ0n) is 11.5. The van der Waals surface area contributed by atoms with Gasteiger partial charge in [-0.25, -0.2) is 9.78 Å². The number of carbonyl (C=O) groups is 3. The molecule has 0 bridgehead atoms. The van der Waals surface area contributed by atoms with Crippen LogP contribution in [0.25, 0.3) is 4.96 Å². The van der Waals surface area contributed by atoms with E-state index in [0.717, 1.165) is 4.96 Å². The Balaban J connectivity index is 1.87. The Morgan fingerprint density at radius 3 is 2.90 bits per heavy atom. The van der Waals surface area contributed by atoms with Crippen molar-refractivity contribution in [2.75, 3.05) is 7.05 Å². The number of imide groups is 1. The monoisotopic (exact) mass is 310 g/mol. The van der Waals surface area contributed by atoms with Crippen molar-refractivity contribution < 1.29 is 19.1 Å². The number of nitrogens with one attached hydrogen (secondary N) is 2. The van der Waals surface area contributed by atoms with Gasteiger partial charge in [-0.1, -0.05) is 0 Å². The Morgan fingerprint density at radius 2 is 2.24 bits per heavy atom. The number of urea groups is 1. The molecule has 21 heavy (non-hydrogen) atoms. The predicted molar refractivity (Wildman–Crippen MR) is 74.9 cm³/mol. The maximum Gasteiger partial charge on any atom is 0.321 e. The Kier molecular flexibility index (Phi) is 4.53. The summed E-state index contributed by atoms with van der Waals surface area (Å²) < 4.78 is 6.76. The minimum absolute atomic E-state index is 0.0357. The number of amides is 3. The quantitative estimate of drug-likeness (QED) is 0.792. The maximum absolute atomic E-state index is 11.7. The number of thiazole rings is 1. The van der Waals surface area contributed by atoms with Gasteiger partial charge < -0.3 is 10.1 Å². The molecule has 2 N–H and O–H groups in total. The molecule has 0 aliphatic rings. The van der Waals surface area contributed by atoms with Crippen molar-refractivity contribution in [2.45, 2.75) is 19.4 Å². The van der Waals surface area contributed by atoms with Gasteiger partial charge >= 0.3 is 12.0 Å². The molecule has 2 aromatic rings. The highest BCUT2D eigenvalue weighted by atomic mass is 32.1. The lowest BCUT2D eigenvalue weighted by molar-refractivity contribution is -0.153. The highest BCUT2D eigenvalue weighted by Crippen LogP contribution is 2.12. The van der Waals surface area contributed by atoms with Gasteiger partial charge in [-0.15, -0.1) is 11.3 Å². The Morgan fingerprint density at radius 1 is 1.48 bits per heavy atom. The van der Waals surface area contributed by atoms with E-state index in [9.17, 15) is 14.4 Å². The smallest absolute Gasteiger partial charge is 0.321 e. The molecular weight excluding hydrogens is 296 g/mol. The first kappa shape index (κ1) is 15.0. The summed E-state index contributed by atoms with van der Waals surface area (Å²) in [5.41, 5.74) is 0.561. The average Bonchev–Trinajstić information content (AvgIpc) is 2.98. The molecule has 0 saturated heterocycles. The van der Waals surface area contributed by atoms with Crippen LogP contribution in [-0.4, -0.2) is 40.4 Å². The van der Waals surface area contributed by atoms with E-state index in [-0.39, 0.29) is 6.42 Å². The van der Waals surface area contributed by atoms with Crippen molar-refractivity contribution in [1.29, 1.82) is 0 Å². The molecule has 3 amide bonds. The van der Waals surface area contributed by atoms with Crippen LogP contribution in [0.5, 0.6) is 0 Å². The summed E-state index contributed by atoms with van der Waals surface area (Å²) in [4.78, 5) is 39.3. The zero-order chi connectivity index (χ0) is 15.4. The van der Waals surface area contributed by atoms with Crippen LogP contribution in [0, 0.1) is 0 Å². The minimum Gasteiger partial charge on any atom is -0.452 e. The van der Waals surface area contributed by atoms with Gasteiger partial charge in [0.2, 0.25) is 0 Å². The van der Waals surface area contributed by atoms with Crippen molar-refractivity contribution in [3.8, 4) is 0 Å². The normalized spacial score (nSPS) is 11.9. The molecule has 0 saturated carbocycles. The second-order valence-electron chi connectivity index (χ2n) is 4.20. The van der Waals surface area contributed by atoms with Gasteiger partial charge in [0, 0.05) is 24.8 Å². The number of rotatable bonds is 4. The standard InChI is InChI=1S/C12H14N4O4S/c1-7(10(18)15-11(19)13-2)20-9(17)5-8-6-16-3-4-21-12(16)14-8/h3-4,6-7H,5H2,1-2H3,(H2,13,15,18,19)/t7-/m0/s1. The number of aromatic nitrogens is 2. The molecule has 8 nitrogen and oxygen atoms in total. The van der Waals surface area contributed by atoms with Gasteiger partial charge in [-0.3, -0.25) is 19.3 Å². The van der Waals surface area contributed by atoms with E-state index in [1.165, 1.54) is 25.3 Å². The van der Waals surface area contributed by atoms with Gasteiger partial charge in [0.05, 0.1) is 12.1 Å². The average molecular weight is 310 g/mol. The molecule has 2 aromatic heterocycles. The number of ether oxygens (including phenoxy) is 1. The molecule has 2 rings (SSSR count). The summed E-state index contributed by atoms with van der Waals surface area (Å²) in [6.07, 6.45) is 2.47. The van der Waals surface area contributed by atoms with Crippen molar-refractivity contribution in [2.24, 2.45) is 0 Å². The van der Waals surface area contributed by atoms with E-state index in [0.29, 0.717) is 5.69 Å². The van der Waals surface area contributed by atoms with Crippen LogP contribution < -0.4 is 10.6 Å². The molecule has 0 radical (unpaired) electrons. The fourth-order valence-electron chi connectivity index (χ4n) is 1.58. The molecule has 0 aliphatic heterocycles. The van der Waals surface area contributed by atoms with Crippen molar-refractivity contribution in [3.63, 3.8) is 0 Å². The van der Waals surface area contributed by atoms with E-state index in [1.54, 1.807) is 10.6 Å². The summed E-state index contributed by atoms with van der Waals surface area (Å²) >= 11 is 1.45. The molecule has 0 aromatic carbocycles. The van der Waals surface area contributed by atoms with Gasteiger partial charge in [-0.05, 0) is 6.92 Å². The largest absolute Gasteiger partial charge is 0.452 e. The third kappa shape index (κ3) is 3.78. The molecule has 1 atom stereocenters. The molecule has 2 heterocycles. The minimum atomic E-state index is -1.06. The molecule has 0 unspecified atom stereocenters. The predicted octanol–water partition coefficient (Wildman–Crippen LogP) is 0.326. The molecule has 0 spiro atoms. The molecule has 0 aliphatic carbocycles. The second-order valence-corrected chi connectivity index (χ2v) is 5.08. The Labute approximate surface area is 124 Å². The van der Waals surface area contributed by atoms with E-state index in [1.807, 2.05) is 16.9 Å². The van der Waals surface area contributed by atoms with Crippen LogP contribution >= 0.6 is 11.3 Å². The number of hydrogen-bond acceptors (Lipinski definition) is 6. The highest BCUT2D eigenvalue weighted by Gasteiger charge is 2.20. The molecular formula is C12H14N4O4S. The maximum atomic E-state index is 11.7. The second kappa shape index (κ2) is 6.35. The number of imidazole rings is 1. The first-order valence-electron chi connectivity index (χ1n) is 6.12. The van der Waals surface area contributed by atoms with Gasteiger partial charge in [-0.2, -0.15) is 0 Å². The SMILES string of the molecule is CNC(=O)NC(=O)[C@H](C)OC(=O)Cc1cn2ccsc2n1. The van der Waals surface area contributed by atoms with Crippen molar-refractivity contribution in [1.82, 2.24) is 20.0 Å².